The smallest absolute Gasteiger partial charge is 0.306 e. The SMILES string of the molecule is CCCCCNC(=O)COC(=O)CCc1nc(-c2ccsc2)no1. The average Bonchev–Trinajstić information content (AvgIpc) is 3.26. The summed E-state index contributed by atoms with van der Waals surface area (Å²) >= 11 is 1.55. The highest BCUT2D eigenvalue weighted by Gasteiger charge is 2.12. The van der Waals surface area contributed by atoms with Crippen LogP contribution in [0.5, 0.6) is 0 Å². The molecule has 0 aliphatic rings. The summed E-state index contributed by atoms with van der Waals surface area (Å²) < 4.78 is 10.0. The maximum Gasteiger partial charge on any atom is 0.306 e. The van der Waals surface area contributed by atoms with E-state index in [-0.39, 0.29) is 25.4 Å². The Hall–Kier alpha value is -2.22. The van der Waals surface area contributed by atoms with Crippen molar-refractivity contribution in [3.8, 4) is 11.4 Å². The lowest BCUT2D eigenvalue weighted by atomic mass is 10.2. The fourth-order valence-corrected chi connectivity index (χ4v) is 2.58. The van der Waals surface area contributed by atoms with Crippen molar-refractivity contribution in [2.75, 3.05) is 13.2 Å². The Balaban J connectivity index is 1.64. The first-order valence-corrected chi connectivity index (χ1v) is 8.90. The summed E-state index contributed by atoms with van der Waals surface area (Å²) in [5, 5.41) is 10.4. The van der Waals surface area contributed by atoms with E-state index in [1.807, 2.05) is 16.8 Å². The predicted molar refractivity (Wildman–Crippen MR) is 89.4 cm³/mol. The van der Waals surface area contributed by atoms with Crippen molar-refractivity contribution in [3.63, 3.8) is 0 Å². The summed E-state index contributed by atoms with van der Waals surface area (Å²) in [5.74, 6) is 0.134. The second kappa shape index (κ2) is 9.82. The number of esters is 1. The highest BCUT2D eigenvalue weighted by Crippen LogP contribution is 2.18. The molecule has 2 aromatic heterocycles. The summed E-state index contributed by atoms with van der Waals surface area (Å²) in [7, 11) is 0. The molecule has 0 atom stereocenters. The van der Waals surface area contributed by atoms with Crippen LogP contribution in [0.4, 0.5) is 0 Å². The minimum atomic E-state index is -0.464. The molecule has 8 heteroatoms. The van der Waals surface area contributed by atoms with Gasteiger partial charge in [0.25, 0.3) is 5.91 Å². The van der Waals surface area contributed by atoms with Crippen LogP contribution in [-0.2, 0) is 20.7 Å². The second-order valence-electron chi connectivity index (χ2n) is 5.24. The van der Waals surface area contributed by atoms with E-state index in [1.165, 1.54) is 0 Å². The van der Waals surface area contributed by atoms with Gasteiger partial charge in [-0.2, -0.15) is 16.3 Å². The summed E-state index contributed by atoms with van der Waals surface area (Å²) in [6.45, 7) is 2.45. The van der Waals surface area contributed by atoms with Crippen LogP contribution in [0.3, 0.4) is 0 Å². The molecule has 0 aliphatic heterocycles. The van der Waals surface area contributed by atoms with Gasteiger partial charge in [0.2, 0.25) is 11.7 Å². The Bertz CT molecular complexity index is 640. The molecule has 0 aromatic carbocycles. The molecule has 2 heterocycles. The van der Waals surface area contributed by atoms with Gasteiger partial charge < -0.3 is 14.6 Å². The number of nitrogens with one attached hydrogen (secondary N) is 1. The first-order valence-electron chi connectivity index (χ1n) is 7.96. The van der Waals surface area contributed by atoms with Crippen molar-refractivity contribution in [2.45, 2.75) is 39.0 Å². The van der Waals surface area contributed by atoms with Crippen LogP contribution in [-0.4, -0.2) is 35.2 Å². The Kier molecular flexibility index (Phi) is 7.41. The Morgan fingerprint density at radius 1 is 1.38 bits per heavy atom. The number of aryl methyl sites for hydroxylation is 1. The zero-order chi connectivity index (χ0) is 17.2. The number of thiophene rings is 1. The molecule has 24 heavy (non-hydrogen) atoms. The van der Waals surface area contributed by atoms with Crippen LogP contribution in [0.1, 0.15) is 38.5 Å². The molecule has 0 unspecified atom stereocenters. The molecule has 7 nitrogen and oxygen atoms in total. The van der Waals surface area contributed by atoms with E-state index in [0.29, 0.717) is 18.3 Å². The Labute approximate surface area is 144 Å². The molecular weight excluding hydrogens is 330 g/mol. The third kappa shape index (κ3) is 6.11. The number of amides is 1. The van der Waals surface area contributed by atoms with Crippen molar-refractivity contribution in [1.82, 2.24) is 15.5 Å². The summed E-state index contributed by atoms with van der Waals surface area (Å²) in [6.07, 6.45) is 3.47. The molecule has 1 amide bonds. The van der Waals surface area contributed by atoms with Gasteiger partial charge in [-0.1, -0.05) is 24.9 Å². The van der Waals surface area contributed by atoms with E-state index < -0.39 is 5.97 Å². The molecule has 0 spiro atoms. The topological polar surface area (TPSA) is 94.3 Å². The summed E-state index contributed by atoms with van der Waals surface area (Å²) in [6, 6.07) is 1.90. The summed E-state index contributed by atoms with van der Waals surface area (Å²) in [4.78, 5) is 27.4. The number of nitrogens with zero attached hydrogens (tertiary/aromatic N) is 2. The Morgan fingerprint density at radius 3 is 3.00 bits per heavy atom. The number of rotatable bonds is 10. The maximum atomic E-state index is 11.6. The minimum absolute atomic E-state index is 0.0917. The van der Waals surface area contributed by atoms with Crippen molar-refractivity contribution >= 4 is 23.2 Å². The number of ether oxygens (including phenoxy) is 1. The number of hydrogen-bond acceptors (Lipinski definition) is 7. The molecule has 0 aliphatic carbocycles. The molecule has 0 saturated carbocycles. The Morgan fingerprint density at radius 2 is 2.25 bits per heavy atom. The molecular formula is C16H21N3O4S. The van der Waals surface area contributed by atoms with Gasteiger partial charge in [0.15, 0.2) is 6.61 Å². The van der Waals surface area contributed by atoms with Crippen molar-refractivity contribution in [3.05, 3.63) is 22.7 Å². The lowest BCUT2D eigenvalue weighted by Crippen LogP contribution is -2.29. The van der Waals surface area contributed by atoms with Gasteiger partial charge in [-0.05, 0) is 17.9 Å². The van der Waals surface area contributed by atoms with Crippen LogP contribution in [0.25, 0.3) is 11.4 Å². The van der Waals surface area contributed by atoms with Gasteiger partial charge in [-0.25, -0.2) is 0 Å². The van der Waals surface area contributed by atoms with E-state index >= 15 is 0 Å². The zero-order valence-corrected chi connectivity index (χ0v) is 14.4. The van der Waals surface area contributed by atoms with E-state index in [9.17, 15) is 9.59 Å². The van der Waals surface area contributed by atoms with Crippen LogP contribution in [0, 0.1) is 0 Å². The van der Waals surface area contributed by atoms with E-state index in [2.05, 4.69) is 22.4 Å². The highest BCUT2D eigenvalue weighted by atomic mass is 32.1. The van der Waals surface area contributed by atoms with Gasteiger partial charge >= 0.3 is 5.97 Å². The standard InChI is InChI=1S/C16H21N3O4S/c1-2-3-4-8-17-13(20)10-22-15(21)6-5-14-18-16(19-23-14)12-7-9-24-11-12/h7,9,11H,2-6,8,10H2,1H3,(H,17,20). The van der Waals surface area contributed by atoms with Gasteiger partial charge in [-0.3, -0.25) is 9.59 Å². The zero-order valence-electron chi connectivity index (χ0n) is 13.6. The van der Waals surface area contributed by atoms with Crippen molar-refractivity contribution < 1.29 is 18.8 Å². The average molecular weight is 351 g/mol. The molecule has 1 N–H and O–H groups in total. The lowest BCUT2D eigenvalue weighted by Gasteiger charge is -2.05. The largest absolute Gasteiger partial charge is 0.456 e. The number of hydrogen-bond donors (Lipinski definition) is 1. The third-order valence-electron chi connectivity index (χ3n) is 3.26. The van der Waals surface area contributed by atoms with E-state index in [0.717, 1.165) is 24.8 Å². The third-order valence-corrected chi connectivity index (χ3v) is 3.94. The fraction of sp³-hybridized carbons (Fsp3) is 0.500. The molecule has 2 aromatic rings. The molecule has 0 bridgehead atoms. The number of carbonyl (C=O) groups excluding carboxylic acids is 2. The van der Waals surface area contributed by atoms with E-state index in [4.69, 9.17) is 9.26 Å². The van der Waals surface area contributed by atoms with Gasteiger partial charge in [0, 0.05) is 23.9 Å². The quantitative estimate of drug-likeness (QED) is 0.522. The van der Waals surface area contributed by atoms with E-state index in [1.54, 1.807) is 11.3 Å². The van der Waals surface area contributed by atoms with Crippen LogP contribution >= 0.6 is 11.3 Å². The first kappa shape index (κ1) is 18.1. The van der Waals surface area contributed by atoms with Gasteiger partial charge in [0.1, 0.15) is 0 Å². The second-order valence-corrected chi connectivity index (χ2v) is 6.02. The van der Waals surface area contributed by atoms with Gasteiger partial charge in [-0.15, -0.1) is 0 Å². The number of unbranched alkanes of at least 4 members (excludes halogenated alkanes) is 2. The highest BCUT2D eigenvalue weighted by molar-refractivity contribution is 7.08. The van der Waals surface area contributed by atoms with Crippen molar-refractivity contribution in [2.24, 2.45) is 0 Å². The van der Waals surface area contributed by atoms with Crippen LogP contribution in [0.2, 0.25) is 0 Å². The molecule has 0 saturated heterocycles. The molecule has 2 rings (SSSR count). The number of aromatic nitrogens is 2. The lowest BCUT2D eigenvalue weighted by molar-refractivity contribution is -0.148. The van der Waals surface area contributed by atoms with Gasteiger partial charge in [0.05, 0.1) is 6.42 Å². The number of carbonyl (C=O) groups is 2. The predicted octanol–water partition coefficient (Wildman–Crippen LogP) is 2.58. The fourth-order valence-electron chi connectivity index (χ4n) is 1.95. The molecule has 0 radical (unpaired) electrons. The maximum absolute atomic E-state index is 11.6. The minimum Gasteiger partial charge on any atom is -0.456 e. The van der Waals surface area contributed by atoms with Crippen molar-refractivity contribution in [1.29, 1.82) is 0 Å². The monoisotopic (exact) mass is 351 g/mol. The molecule has 130 valence electrons. The molecule has 0 fully saturated rings. The first-order chi connectivity index (χ1) is 11.7. The normalized spacial score (nSPS) is 10.5. The van der Waals surface area contributed by atoms with Crippen LogP contribution in [0.15, 0.2) is 21.3 Å². The van der Waals surface area contributed by atoms with Crippen LogP contribution < -0.4 is 5.32 Å². The summed E-state index contributed by atoms with van der Waals surface area (Å²) in [5.41, 5.74) is 0.886.